The highest BCUT2D eigenvalue weighted by Gasteiger charge is 2.17. The average Bonchev–Trinajstić information content (AvgIpc) is 2.95. The number of hydrogen-bond donors (Lipinski definition) is 1. The second-order valence-electron chi connectivity index (χ2n) is 3.64. The smallest absolute Gasteiger partial charge is 0.325 e. The number of furan rings is 1. The Morgan fingerprint density at radius 3 is 2.68 bits per heavy atom. The Labute approximate surface area is 110 Å². The van der Waals surface area contributed by atoms with Gasteiger partial charge in [0.25, 0.3) is 5.91 Å². The van der Waals surface area contributed by atoms with Gasteiger partial charge in [-0.05, 0) is 19.1 Å². The highest BCUT2D eigenvalue weighted by molar-refractivity contribution is 5.94. The molecule has 1 aromatic heterocycles. The number of amides is 2. The molecule has 7 heteroatoms. The van der Waals surface area contributed by atoms with Crippen molar-refractivity contribution in [2.24, 2.45) is 0 Å². The zero-order valence-electron chi connectivity index (χ0n) is 10.8. The summed E-state index contributed by atoms with van der Waals surface area (Å²) in [5, 5.41) is 2.41. The van der Waals surface area contributed by atoms with E-state index in [1.807, 2.05) is 0 Å². The lowest BCUT2D eigenvalue weighted by atomic mass is 10.4. The molecule has 104 valence electrons. The van der Waals surface area contributed by atoms with Gasteiger partial charge in [-0.15, -0.1) is 0 Å². The Kier molecular flexibility index (Phi) is 5.59. The van der Waals surface area contributed by atoms with Crippen LogP contribution in [-0.4, -0.2) is 49.4 Å². The molecule has 0 saturated carbocycles. The number of rotatable bonds is 6. The van der Waals surface area contributed by atoms with Crippen molar-refractivity contribution in [3.8, 4) is 0 Å². The fourth-order valence-electron chi connectivity index (χ4n) is 1.36. The number of nitrogens with zero attached hydrogens (tertiary/aromatic N) is 1. The monoisotopic (exact) mass is 268 g/mol. The summed E-state index contributed by atoms with van der Waals surface area (Å²) >= 11 is 0. The van der Waals surface area contributed by atoms with Crippen LogP contribution in [0.15, 0.2) is 22.8 Å². The van der Waals surface area contributed by atoms with Crippen LogP contribution in [0.4, 0.5) is 0 Å². The number of methoxy groups -OCH3 is 1. The maximum atomic E-state index is 11.8. The molecule has 19 heavy (non-hydrogen) atoms. The van der Waals surface area contributed by atoms with Gasteiger partial charge in [-0.3, -0.25) is 14.4 Å². The summed E-state index contributed by atoms with van der Waals surface area (Å²) in [6.45, 7) is 1.74. The zero-order valence-corrected chi connectivity index (χ0v) is 10.8. The Hall–Kier alpha value is -2.31. The molecule has 1 aromatic rings. The normalized spacial score (nSPS) is 9.79. The molecule has 0 unspecified atom stereocenters. The third-order valence-corrected chi connectivity index (χ3v) is 2.43. The van der Waals surface area contributed by atoms with Crippen molar-refractivity contribution in [2.75, 3.05) is 26.7 Å². The molecule has 0 atom stereocenters. The van der Waals surface area contributed by atoms with Crippen LogP contribution < -0.4 is 5.32 Å². The van der Waals surface area contributed by atoms with E-state index in [0.29, 0.717) is 6.54 Å². The molecule has 0 aliphatic rings. The van der Waals surface area contributed by atoms with Crippen molar-refractivity contribution >= 4 is 17.8 Å². The second kappa shape index (κ2) is 7.20. The summed E-state index contributed by atoms with van der Waals surface area (Å²) in [7, 11) is 1.25. The van der Waals surface area contributed by atoms with Crippen LogP contribution in [0.1, 0.15) is 17.5 Å². The van der Waals surface area contributed by atoms with Gasteiger partial charge >= 0.3 is 5.97 Å². The first-order chi connectivity index (χ1) is 9.08. The van der Waals surface area contributed by atoms with E-state index in [-0.39, 0.29) is 24.8 Å². The molecule has 0 saturated heterocycles. The first kappa shape index (κ1) is 14.7. The van der Waals surface area contributed by atoms with Crippen LogP contribution in [0.3, 0.4) is 0 Å². The second-order valence-corrected chi connectivity index (χ2v) is 3.64. The Morgan fingerprint density at radius 2 is 2.16 bits per heavy atom. The van der Waals surface area contributed by atoms with E-state index in [4.69, 9.17) is 4.42 Å². The number of nitrogens with one attached hydrogen (secondary N) is 1. The molecule has 1 heterocycles. The molecule has 1 N–H and O–H groups in total. The highest BCUT2D eigenvalue weighted by Crippen LogP contribution is 1.99. The van der Waals surface area contributed by atoms with Crippen LogP contribution in [-0.2, 0) is 14.3 Å². The molecular weight excluding hydrogens is 252 g/mol. The first-order valence-corrected chi connectivity index (χ1v) is 5.74. The summed E-state index contributed by atoms with van der Waals surface area (Å²) in [6.07, 6.45) is 1.37. The molecule has 0 fully saturated rings. The maximum Gasteiger partial charge on any atom is 0.325 e. The molecule has 0 radical (unpaired) electrons. The molecule has 0 aliphatic heterocycles. The molecule has 0 bridgehead atoms. The maximum absolute atomic E-state index is 11.8. The predicted molar refractivity (Wildman–Crippen MR) is 65.3 cm³/mol. The van der Waals surface area contributed by atoms with Crippen LogP contribution in [0.2, 0.25) is 0 Å². The van der Waals surface area contributed by atoms with Gasteiger partial charge in [0.05, 0.1) is 19.9 Å². The number of esters is 1. The van der Waals surface area contributed by atoms with Gasteiger partial charge in [-0.25, -0.2) is 0 Å². The third-order valence-electron chi connectivity index (χ3n) is 2.43. The number of ether oxygens (including phenoxy) is 1. The lowest BCUT2D eigenvalue weighted by molar-refractivity contribution is -0.146. The van der Waals surface area contributed by atoms with E-state index in [1.54, 1.807) is 13.0 Å². The zero-order chi connectivity index (χ0) is 14.3. The van der Waals surface area contributed by atoms with E-state index in [1.165, 1.54) is 24.3 Å². The molecular formula is C12H16N2O5. The van der Waals surface area contributed by atoms with Crippen molar-refractivity contribution in [3.63, 3.8) is 0 Å². The van der Waals surface area contributed by atoms with Gasteiger partial charge in [-0.2, -0.15) is 0 Å². The molecule has 1 rings (SSSR count). The topological polar surface area (TPSA) is 88.9 Å². The Bertz CT molecular complexity index is 441. The minimum Gasteiger partial charge on any atom is -0.468 e. The van der Waals surface area contributed by atoms with Gasteiger partial charge in [0.2, 0.25) is 5.91 Å². The lowest BCUT2D eigenvalue weighted by Gasteiger charge is -2.19. The molecule has 0 spiro atoms. The summed E-state index contributed by atoms with van der Waals surface area (Å²) in [5.74, 6) is -1.23. The summed E-state index contributed by atoms with van der Waals surface area (Å²) < 4.78 is 9.37. The predicted octanol–water partition coefficient (Wildman–Crippen LogP) is 0.0309. The fraction of sp³-hybridized carbons (Fsp3) is 0.417. The third kappa shape index (κ3) is 4.46. The van der Waals surface area contributed by atoms with E-state index >= 15 is 0 Å². The largest absolute Gasteiger partial charge is 0.468 e. The fourth-order valence-corrected chi connectivity index (χ4v) is 1.36. The SMILES string of the molecule is CCN(CC(=O)OC)C(=O)CNC(=O)c1ccco1. The van der Waals surface area contributed by atoms with E-state index < -0.39 is 11.9 Å². The minimum atomic E-state index is -0.507. The van der Waals surface area contributed by atoms with Crippen molar-refractivity contribution in [1.82, 2.24) is 10.2 Å². The molecule has 0 aromatic carbocycles. The summed E-state index contributed by atoms with van der Waals surface area (Å²) in [6, 6.07) is 3.07. The van der Waals surface area contributed by atoms with Crippen LogP contribution in [0.5, 0.6) is 0 Å². The lowest BCUT2D eigenvalue weighted by Crippen LogP contribution is -2.42. The summed E-state index contributed by atoms with van der Waals surface area (Å²) in [4.78, 5) is 35.7. The number of hydrogen-bond acceptors (Lipinski definition) is 5. The Balaban J connectivity index is 2.45. The van der Waals surface area contributed by atoms with Crippen LogP contribution in [0, 0.1) is 0 Å². The van der Waals surface area contributed by atoms with Gasteiger partial charge in [0.15, 0.2) is 5.76 Å². The van der Waals surface area contributed by atoms with E-state index in [9.17, 15) is 14.4 Å². The Morgan fingerprint density at radius 1 is 1.42 bits per heavy atom. The van der Waals surface area contributed by atoms with Gasteiger partial charge in [-0.1, -0.05) is 0 Å². The number of carbonyl (C=O) groups is 3. The van der Waals surface area contributed by atoms with Gasteiger partial charge in [0, 0.05) is 6.54 Å². The van der Waals surface area contributed by atoms with Crippen LogP contribution in [0.25, 0.3) is 0 Å². The van der Waals surface area contributed by atoms with Crippen molar-refractivity contribution in [3.05, 3.63) is 24.2 Å². The average molecular weight is 268 g/mol. The van der Waals surface area contributed by atoms with Crippen LogP contribution >= 0.6 is 0 Å². The molecule has 2 amide bonds. The number of carbonyl (C=O) groups excluding carboxylic acids is 3. The van der Waals surface area contributed by atoms with Crippen molar-refractivity contribution in [2.45, 2.75) is 6.92 Å². The first-order valence-electron chi connectivity index (χ1n) is 5.74. The number of likely N-dealkylation sites (N-methyl/N-ethyl adjacent to an activating group) is 1. The van der Waals surface area contributed by atoms with Gasteiger partial charge < -0.3 is 19.4 Å². The summed E-state index contributed by atoms with van der Waals surface area (Å²) in [5.41, 5.74) is 0. The molecule has 0 aliphatic carbocycles. The minimum absolute atomic E-state index is 0.129. The van der Waals surface area contributed by atoms with Crippen molar-refractivity contribution in [1.29, 1.82) is 0 Å². The highest BCUT2D eigenvalue weighted by atomic mass is 16.5. The van der Waals surface area contributed by atoms with Crippen molar-refractivity contribution < 1.29 is 23.5 Å². The standard InChI is InChI=1S/C12H16N2O5/c1-3-14(8-11(16)18-2)10(15)7-13-12(17)9-5-4-6-19-9/h4-6H,3,7-8H2,1-2H3,(H,13,17). The molecule has 7 nitrogen and oxygen atoms in total. The van der Waals surface area contributed by atoms with E-state index in [2.05, 4.69) is 10.1 Å². The van der Waals surface area contributed by atoms with Gasteiger partial charge in [0.1, 0.15) is 6.54 Å². The quantitative estimate of drug-likeness (QED) is 0.735. The van der Waals surface area contributed by atoms with E-state index in [0.717, 1.165) is 0 Å².